The minimum atomic E-state index is -0.399. The molecule has 2 N–H and O–H groups in total. The van der Waals surface area contributed by atoms with Crippen molar-refractivity contribution in [2.75, 3.05) is 6.54 Å². The minimum Gasteiger partial charge on any atom is -0.320 e. The Hall–Kier alpha value is -1.39. The Kier molecular flexibility index (Phi) is 3.54. The molecule has 1 aliphatic heterocycles. The third-order valence-corrected chi connectivity index (χ3v) is 2.67. The molecule has 16 heavy (non-hydrogen) atoms. The minimum absolute atomic E-state index is 0.109. The fourth-order valence-corrected chi connectivity index (χ4v) is 1.73. The second-order valence-corrected chi connectivity index (χ2v) is 3.95. The Bertz CT molecular complexity index is 353. The van der Waals surface area contributed by atoms with E-state index >= 15 is 0 Å². The predicted octanol–water partition coefficient (Wildman–Crippen LogP) is 1.07. The molecule has 4 nitrogen and oxygen atoms in total. The smallest absolute Gasteiger partial charge is 0.263 e. The van der Waals surface area contributed by atoms with Crippen molar-refractivity contribution in [3.8, 4) is 0 Å². The zero-order chi connectivity index (χ0) is 11.4. The molecule has 2 rings (SSSR count). The molecule has 1 atom stereocenters. The van der Waals surface area contributed by atoms with Crippen molar-refractivity contribution in [1.29, 1.82) is 0 Å². The van der Waals surface area contributed by atoms with E-state index in [1.54, 1.807) is 0 Å². The summed E-state index contributed by atoms with van der Waals surface area (Å²) in [5, 5.41) is 1.39. The van der Waals surface area contributed by atoms with Gasteiger partial charge in [-0.3, -0.25) is 9.63 Å². The number of hydrogen-bond donors (Lipinski definition) is 1. The number of benzene rings is 1. The van der Waals surface area contributed by atoms with Crippen molar-refractivity contribution in [2.45, 2.75) is 25.5 Å². The Labute approximate surface area is 94.9 Å². The van der Waals surface area contributed by atoms with Gasteiger partial charge in [0.2, 0.25) is 0 Å². The molecule has 0 spiro atoms. The third kappa shape index (κ3) is 2.59. The van der Waals surface area contributed by atoms with Crippen LogP contribution in [0.25, 0.3) is 0 Å². The first kappa shape index (κ1) is 11.1. The van der Waals surface area contributed by atoms with Gasteiger partial charge in [0.1, 0.15) is 6.61 Å². The monoisotopic (exact) mass is 220 g/mol. The Balaban J connectivity index is 1.88. The van der Waals surface area contributed by atoms with Gasteiger partial charge in [-0.05, 0) is 18.4 Å². The summed E-state index contributed by atoms with van der Waals surface area (Å²) in [6.07, 6.45) is 1.66. The van der Waals surface area contributed by atoms with E-state index in [2.05, 4.69) is 0 Å². The van der Waals surface area contributed by atoms with Gasteiger partial charge in [-0.25, -0.2) is 5.06 Å². The molecule has 1 amide bonds. The lowest BCUT2D eigenvalue weighted by atomic mass is 10.1. The molecule has 0 aromatic heterocycles. The molecule has 0 aliphatic carbocycles. The number of piperidine rings is 1. The van der Waals surface area contributed by atoms with Crippen molar-refractivity contribution in [3.05, 3.63) is 35.9 Å². The zero-order valence-electron chi connectivity index (χ0n) is 9.13. The van der Waals surface area contributed by atoms with E-state index in [-0.39, 0.29) is 5.91 Å². The number of amides is 1. The highest BCUT2D eigenvalue weighted by Gasteiger charge is 2.26. The molecule has 0 bridgehead atoms. The number of nitrogens with zero attached hydrogens (tertiary/aromatic N) is 1. The van der Waals surface area contributed by atoms with Crippen LogP contribution in [-0.2, 0) is 16.2 Å². The van der Waals surface area contributed by atoms with Gasteiger partial charge in [0.05, 0.1) is 6.04 Å². The summed E-state index contributed by atoms with van der Waals surface area (Å²) in [7, 11) is 0. The van der Waals surface area contributed by atoms with Crippen molar-refractivity contribution < 1.29 is 9.63 Å². The SMILES string of the molecule is NC1CCCN(OCc2ccccc2)C1=O. The Morgan fingerprint density at radius 1 is 1.38 bits per heavy atom. The molecule has 1 saturated heterocycles. The molecule has 86 valence electrons. The van der Waals surface area contributed by atoms with E-state index in [0.717, 1.165) is 18.4 Å². The standard InChI is InChI=1S/C12H16N2O2/c13-11-7-4-8-14(12(11)15)16-9-10-5-2-1-3-6-10/h1-3,5-6,11H,4,7-9,13H2. The Morgan fingerprint density at radius 2 is 2.12 bits per heavy atom. The van der Waals surface area contributed by atoms with E-state index in [1.807, 2.05) is 30.3 Å². The van der Waals surface area contributed by atoms with Crippen LogP contribution >= 0.6 is 0 Å². The van der Waals surface area contributed by atoms with Crippen LogP contribution in [0, 0.1) is 0 Å². The Morgan fingerprint density at radius 3 is 2.88 bits per heavy atom. The van der Waals surface area contributed by atoms with E-state index < -0.39 is 6.04 Å². The summed E-state index contributed by atoms with van der Waals surface area (Å²) in [5.41, 5.74) is 6.72. The van der Waals surface area contributed by atoms with Gasteiger partial charge in [0.25, 0.3) is 5.91 Å². The van der Waals surface area contributed by atoms with Crippen LogP contribution in [0.3, 0.4) is 0 Å². The average Bonchev–Trinajstić information content (AvgIpc) is 2.32. The highest BCUT2D eigenvalue weighted by molar-refractivity contribution is 5.81. The van der Waals surface area contributed by atoms with Crippen LogP contribution in [0.15, 0.2) is 30.3 Å². The maximum absolute atomic E-state index is 11.6. The van der Waals surface area contributed by atoms with Gasteiger partial charge in [0.15, 0.2) is 0 Å². The molecular formula is C12H16N2O2. The van der Waals surface area contributed by atoms with Gasteiger partial charge < -0.3 is 5.73 Å². The van der Waals surface area contributed by atoms with E-state index in [0.29, 0.717) is 13.2 Å². The number of carbonyl (C=O) groups is 1. The lowest BCUT2D eigenvalue weighted by molar-refractivity contribution is -0.198. The molecule has 0 saturated carbocycles. The molecule has 1 aliphatic rings. The van der Waals surface area contributed by atoms with Gasteiger partial charge in [-0.15, -0.1) is 0 Å². The normalized spacial score (nSPS) is 21.2. The summed E-state index contributed by atoms with van der Waals surface area (Å²) >= 11 is 0. The molecule has 1 aromatic carbocycles. The van der Waals surface area contributed by atoms with Crippen LogP contribution in [0.2, 0.25) is 0 Å². The molecule has 1 fully saturated rings. The highest BCUT2D eigenvalue weighted by atomic mass is 16.7. The summed E-state index contributed by atoms with van der Waals surface area (Å²) in [6.45, 7) is 1.05. The van der Waals surface area contributed by atoms with Gasteiger partial charge in [-0.1, -0.05) is 30.3 Å². The highest BCUT2D eigenvalue weighted by Crippen LogP contribution is 2.12. The summed E-state index contributed by atoms with van der Waals surface area (Å²) in [4.78, 5) is 17.1. The lowest BCUT2D eigenvalue weighted by Gasteiger charge is -2.29. The van der Waals surface area contributed by atoms with Crippen LogP contribution in [0.1, 0.15) is 18.4 Å². The maximum Gasteiger partial charge on any atom is 0.263 e. The van der Waals surface area contributed by atoms with E-state index in [9.17, 15) is 4.79 Å². The number of hydrogen-bond acceptors (Lipinski definition) is 3. The van der Waals surface area contributed by atoms with Crippen molar-refractivity contribution in [1.82, 2.24) is 5.06 Å². The van der Waals surface area contributed by atoms with Crippen molar-refractivity contribution >= 4 is 5.91 Å². The number of nitrogens with two attached hydrogens (primary N) is 1. The number of rotatable bonds is 3. The largest absolute Gasteiger partial charge is 0.320 e. The summed E-state index contributed by atoms with van der Waals surface area (Å²) < 4.78 is 0. The number of hydroxylamine groups is 2. The van der Waals surface area contributed by atoms with Gasteiger partial charge in [0, 0.05) is 6.54 Å². The van der Waals surface area contributed by atoms with Gasteiger partial charge in [-0.2, -0.15) is 0 Å². The second-order valence-electron chi connectivity index (χ2n) is 3.95. The topological polar surface area (TPSA) is 55.6 Å². The maximum atomic E-state index is 11.6. The van der Waals surface area contributed by atoms with E-state index in [1.165, 1.54) is 5.06 Å². The third-order valence-electron chi connectivity index (χ3n) is 2.67. The fourth-order valence-electron chi connectivity index (χ4n) is 1.73. The van der Waals surface area contributed by atoms with Crippen molar-refractivity contribution in [3.63, 3.8) is 0 Å². The fraction of sp³-hybridized carbons (Fsp3) is 0.417. The molecule has 1 unspecified atom stereocenters. The van der Waals surface area contributed by atoms with Crippen LogP contribution < -0.4 is 5.73 Å². The first-order chi connectivity index (χ1) is 7.77. The first-order valence-corrected chi connectivity index (χ1v) is 5.51. The van der Waals surface area contributed by atoms with Crippen LogP contribution in [-0.4, -0.2) is 23.6 Å². The van der Waals surface area contributed by atoms with E-state index in [4.69, 9.17) is 10.6 Å². The molecule has 1 aromatic rings. The lowest BCUT2D eigenvalue weighted by Crippen LogP contribution is -2.48. The number of carbonyl (C=O) groups excluding carboxylic acids is 1. The molecular weight excluding hydrogens is 204 g/mol. The molecule has 1 heterocycles. The van der Waals surface area contributed by atoms with Crippen LogP contribution in [0.4, 0.5) is 0 Å². The van der Waals surface area contributed by atoms with Crippen molar-refractivity contribution in [2.24, 2.45) is 5.73 Å². The van der Waals surface area contributed by atoms with Gasteiger partial charge >= 0.3 is 0 Å². The zero-order valence-corrected chi connectivity index (χ0v) is 9.13. The summed E-state index contributed by atoms with van der Waals surface area (Å²) in [6, 6.07) is 9.38. The second kappa shape index (κ2) is 5.09. The molecule has 0 radical (unpaired) electrons. The average molecular weight is 220 g/mol. The summed E-state index contributed by atoms with van der Waals surface area (Å²) in [5.74, 6) is -0.109. The van der Waals surface area contributed by atoms with Crippen LogP contribution in [0.5, 0.6) is 0 Å². The predicted molar refractivity (Wildman–Crippen MR) is 60.2 cm³/mol. The quantitative estimate of drug-likeness (QED) is 0.829. The molecule has 4 heteroatoms. The first-order valence-electron chi connectivity index (χ1n) is 5.51.